The van der Waals surface area contributed by atoms with E-state index in [4.69, 9.17) is 9.47 Å². The number of methoxy groups -OCH3 is 2. The number of hydrogen-bond donors (Lipinski definition) is 1. The summed E-state index contributed by atoms with van der Waals surface area (Å²) in [6.45, 7) is 2.22. The van der Waals surface area contributed by atoms with Gasteiger partial charge in [0.15, 0.2) is 0 Å². The monoisotopic (exact) mass is 403 g/mol. The minimum absolute atomic E-state index is 0.251. The van der Waals surface area contributed by atoms with Crippen molar-refractivity contribution in [1.29, 1.82) is 0 Å². The maximum Gasteiger partial charge on any atom is 0.128 e. The SMILES string of the molecule is COc1ccc(C2N3CCc4c([nH]c5ccccc45)C3[C@H]3CCCCN23)c(OC)c1. The molecule has 2 saturated heterocycles. The van der Waals surface area contributed by atoms with Crippen molar-refractivity contribution in [2.45, 2.75) is 43.9 Å². The molecule has 0 amide bonds. The molecule has 6 rings (SSSR count). The molecule has 3 aliphatic rings. The Bertz CT molecular complexity index is 1090. The third-order valence-corrected chi connectivity index (χ3v) is 7.42. The van der Waals surface area contributed by atoms with Crippen LogP contribution >= 0.6 is 0 Å². The summed E-state index contributed by atoms with van der Waals surface area (Å²) in [4.78, 5) is 9.28. The Hall–Kier alpha value is -2.50. The van der Waals surface area contributed by atoms with Gasteiger partial charge in [-0.25, -0.2) is 0 Å². The molecule has 5 heteroatoms. The van der Waals surface area contributed by atoms with E-state index >= 15 is 0 Å². The van der Waals surface area contributed by atoms with Crippen molar-refractivity contribution in [3.63, 3.8) is 0 Å². The minimum Gasteiger partial charge on any atom is -0.497 e. The van der Waals surface area contributed by atoms with Gasteiger partial charge in [0.25, 0.3) is 0 Å². The smallest absolute Gasteiger partial charge is 0.128 e. The Morgan fingerprint density at radius 2 is 1.87 bits per heavy atom. The van der Waals surface area contributed by atoms with Crippen LogP contribution in [0.25, 0.3) is 10.9 Å². The van der Waals surface area contributed by atoms with Crippen LogP contribution < -0.4 is 9.47 Å². The van der Waals surface area contributed by atoms with Gasteiger partial charge in [-0.1, -0.05) is 24.6 Å². The second kappa shape index (κ2) is 7.03. The molecule has 3 aromatic rings. The lowest BCUT2D eigenvalue weighted by Gasteiger charge is -2.35. The normalized spacial score (nSPS) is 26.3. The summed E-state index contributed by atoms with van der Waals surface area (Å²) in [5, 5.41) is 1.40. The maximum absolute atomic E-state index is 5.84. The first kappa shape index (κ1) is 18.3. The molecule has 0 saturated carbocycles. The molecular weight excluding hydrogens is 374 g/mol. The molecule has 0 bridgehead atoms. The highest BCUT2D eigenvalue weighted by Crippen LogP contribution is 2.53. The van der Waals surface area contributed by atoms with Gasteiger partial charge < -0.3 is 14.5 Å². The molecule has 0 radical (unpaired) electrons. The molecular formula is C25H29N3O2. The van der Waals surface area contributed by atoms with E-state index in [-0.39, 0.29) is 6.17 Å². The molecule has 1 N–H and O–H groups in total. The zero-order valence-electron chi connectivity index (χ0n) is 17.7. The average Bonchev–Trinajstić information content (AvgIpc) is 3.34. The number of aromatic nitrogens is 1. The summed E-state index contributed by atoms with van der Waals surface area (Å²) in [7, 11) is 3.48. The number of H-pyrrole nitrogens is 1. The number of piperidine rings is 1. The fourth-order valence-corrected chi connectivity index (χ4v) is 6.18. The van der Waals surface area contributed by atoms with Gasteiger partial charge in [-0.2, -0.15) is 0 Å². The van der Waals surface area contributed by atoms with Crippen LogP contribution in [0, 0.1) is 0 Å². The van der Waals surface area contributed by atoms with Crippen LogP contribution in [0.5, 0.6) is 11.5 Å². The Kier molecular flexibility index (Phi) is 4.29. The minimum atomic E-state index is 0.251. The topological polar surface area (TPSA) is 40.7 Å². The van der Waals surface area contributed by atoms with E-state index in [0.29, 0.717) is 12.1 Å². The Labute approximate surface area is 177 Å². The van der Waals surface area contributed by atoms with Crippen molar-refractivity contribution in [3.8, 4) is 11.5 Å². The number of hydrogen-bond acceptors (Lipinski definition) is 4. The molecule has 156 valence electrons. The maximum atomic E-state index is 5.84. The van der Waals surface area contributed by atoms with Gasteiger partial charge in [-0.05, 0) is 43.0 Å². The molecule has 4 heterocycles. The van der Waals surface area contributed by atoms with E-state index in [1.165, 1.54) is 47.0 Å². The van der Waals surface area contributed by atoms with E-state index < -0.39 is 0 Å². The number of ether oxygens (including phenoxy) is 2. The largest absolute Gasteiger partial charge is 0.497 e. The van der Waals surface area contributed by atoms with Gasteiger partial charge in [0.2, 0.25) is 0 Å². The van der Waals surface area contributed by atoms with Crippen LogP contribution in [0.3, 0.4) is 0 Å². The summed E-state index contributed by atoms with van der Waals surface area (Å²) in [5.41, 5.74) is 5.50. The summed E-state index contributed by atoms with van der Waals surface area (Å²) in [6, 6.07) is 16.1. The van der Waals surface area contributed by atoms with Crippen LogP contribution in [0.15, 0.2) is 42.5 Å². The molecule has 0 spiro atoms. The van der Waals surface area contributed by atoms with Crippen LogP contribution in [0.2, 0.25) is 0 Å². The van der Waals surface area contributed by atoms with Gasteiger partial charge in [-0.3, -0.25) is 9.80 Å². The van der Waals surface area contributed by atoms with Gasteiger partial charge in [0, 0.05) is 47.4 Å². The van der Waals surface area contributed by atoms with E-state index in [9.17, 15) is 0 Å². The molecule has 0 aliphatic carbocycles. The van der Waals surface area contributed by atoms with Crippen LogP contribution in [0.1, 0.15) is 48.3 Å². The van der Waals surface area contributed by atoms with Crippen molar-refractivity contribution >= 4 is 10.9 Å². The second-order valence-corrected chi connectivity index (χ2v) is 8.78. The molecule has 2 fully saturated rings. The van der Waals surface area contributed by atoms with Crippen LogP contribution in [-0.4, -0.2) is 48.1 Å². The molecule has 1 aromatic heterocycles. The lowest BCUT2D eigenvalue weighted by molar-refractivity contribution is 0.0953. The number of nitrogens with one attached hydrogen (secondary N) is 1. The zero-order valence-corrected chi connectivity index (χ0v) is 17.7. The molecule has 3 aliphatic heterocycles. The van der Waals surface area contributed by atoms with E-state index in [1.54, 1.807) is 14.2 Å². The Balaban J connectivity index is 1.49. The Morgan fingerprint density at radius 3 is 2.73 bits per heavy atom. The Morgan fingerprint density at radius 1 is 0.967 bits per heavy atom. The highest BCUT2D eigenvalue weighted by atomic mass is 16.5. The zero-order chi connectivity index (χ0) is 20.2. The average molecular weight is 404 g/mol. The fourth-order valence-electron chi connectivity index (χ4n) is 6.18. The molecule has 30 heavy (non-hydrogen) atoms. The van der Waals surface area contributed by atoms with Crippen molar-refractivity contribution < 1.29 is 9.47 Å². The van der Waals surface area contributed by atoms with E-state index in [0.717, 1.165) is 31.0 Å². The lowest BCUT2D eigenvalue weighted by Crippen LogP contribution is -2.38. The molecule has 3 atom stereocenters. The predicted molar refractivity (Wildman–Crippen MR) is 118 cm³/mol. The van der Waals surface area contributed by atoms with Gasteiger partial charge in [0.05, 0.1) is 26.4 Å². The van der Waals surface area contributed by atoms with Crippen molar-refractivity contribution in [2.75, 3.05) is 27.3 Å². The molecule has 2 unspecified atom stereocenters. The number of benzene rings is 2. The summed E-state index contributed by atoms with van der Waals surface area (Å²) < 4.78 is 11.3. The van der Waals surface area contributed by atoms with Gasteiger partial charge in [0.1, 0.15) is 11.5 Å². The highest BCUT2D eigenvalue weighted by molar-refractivity contribution is 5.85. The quantitative estimate of drug-likeness (QED) is 0.691. The first-order valence-electron chi connectivity index (χ1n) is 11.1. The standard InChI is InChI=1S/C25H29N3O2/c1-29-16-10-11-19(22(15-16)30-2)25-27-13-6-5-9-21(27)24-23-18(12-14-28(24)25)17-7-3-4-8-20(17)26-23/h3-4,7-8,10-11,15,21,24-26H,5-6,9,12-14H2,1-2H3/t21-,24?,25?/m1/s1. The van der Waals surface area contributed by atoms with Gasteiger partial charge in [-0.15, -0.1) is 0 Å². The molecule has 5 nitrogen and oxygen atoms in total. The molecule has 2 aromatic carbocycles. The van der Waals surface area contributed by atoms with Gasteiger partial charge >= 0.3 is 0 Å². The number of aromatic amines is 1. The number of rotatable bonds is 3. The summed E-state index contributed by atoms with van der Waals surface area (Å²) in [6.07, 6.45) is 5.18. The second-order valence-electron chi connectivity index (χ2n) is 8.78. The summed E-state index contributed by atoms with van der Waals surface area (Å²) in [5.74, 6) is 1.77. The van der Waals surface area contributed by atoms with Crippen molar-refractivity contribution in [3.05, 3.63) is 59.3 Å². The first-order chi connectivity index (χ1) is 14.8. The van der Waals surface area contributed by atoms with E-state index in [1.807, 2.05) is 6.07 Å². The van der Waals surface area contributed by atoms with Crippen molar-refractivity contribution in [1.82, 2.24) is 14.8 Å². The highest BCUT2D eigenvalue weighted by Gasteiger charge is 2.52. The van der Waals surface area contributed by atoms with Crippen molar-refractivity contribution in [2.24, 2.45) is 0 Å². The van der Waals surface area contributed by atoms with Crippen LogP contribution in [-0.2, 0) is 6.42 Å². The number of fused-ring (bicyclic) bond motifs is 7. The summed E-state index contributed by atoms with van der Waals surface area (Å²) >= 11 is 0. The first-order valence-corrected chi connectivity index (χ1v) is 11.1. The van der Waals surface area contributed by atoms with Crippen LogP contribution in [0.4, 0.5) is 0 Å². The predicted octanol–water partition coefficient (Wildman–Crippen LogP) is 4.65. The third-order valence-electron chi connectivity index (χ3n) is 7.42. The fraction of sp³-hybridized carbons (Fsp3) is 0.440. The van der Waals surface area contributed by atoms with E-state index in [2.05, 4.69) is 51.2 Å². The third kappa shape index (κ3) is 2.55. The number of para-hydroxylation sites is 1. The number of nitrogens with zero attached hydrogens (tertiary/aromatic N) is 2. The lowest BCUT2D eigenvalue weighted by atomic mass is 9.90.